The molecule has 28 heavy (non-hydrogen) atoms. The third-order valence-corrected chi connectivity index (χ3v) is 4.38. The zero-order valence-electron chi connectivity index (χ0n) is 16.7. The van der Waals surface area contributed by atoms with E-state index in [0.717, 1.165) is 40.1 Å². The number of hydrogen-bond acceptors (Lipinski definition) is 5. The Morgan fingerprint density at radius 3 is 2.36 bits per heavy atom. The molecule has 0 aliphatic heterocycles. The largest absolute Gasteiger partial charge is 0.497 e. The molecule has 0 amide bonds. The Labute approximate surface area is 165 Å². The molecule has 0 unspecified atom stereocenters. The van der Waals surface area contributed by atoms with Crippen LogP contribution in [0.1, 0.15) is 19.4 Å². The summed E-state index contributed by atoms with van der Waals surface area (Å²) in [6, 6.07) is 16.4. The van der Waals surface area contributed by atoms with E-state index in [1.54, 1.807) is 14.0 Å². The molecule has 6 heteroatoms. The van der Waals surface area contributed by atoms with Crippen molar-refractivity contribution in [2.24, 2.45) is 0 Å². The van der Waals surface area contributed by atoms with E-state index >= 15 is 0 Å². The number of benzene rings is 2. The van der Waals surface area contributed by atoms with Crippen LogP contribution in [0.5, 0.6) is 5.75 Å². The van der Waals surface area contributed by atoms with Gasteiger partial charge < -0.3 is 19.4 Å². The van der Waals surface area contributed by atoms with Crippen molar-refractivity contribution in [3.05, 3.63) is 48.0 Å². The number of hydrogen-bond donors (Lipinski definition) is 1. The zero-order valence-corrected chi connectivity index (χ0v) is 16.7. The third-order valence-electron chi connectivity index (χ3n) is 4.38. The van der Waals surface area contributed by atoms with Crippen molar-refractivity contribution in [3.63, 3.8) is 0 Å². The van der Waals surface area contributed by atoms with Crippen LogP contribution in [0.3, 0.4) is 0 Å². The van der Waals surface area contributed by atoms with Gasteiger partial charge in [-0.05, 0) is 43.7 Å². The summed E-state index contributed by atoms with van der Waals surface area (Å²) in [6.07, 6.45) is 0. The van der Waals surface area contributed by atoms with E-state index in [0.29, 0.717) is 18.6 Å². The lowest BCUT2D eigenvalue weighted by atomic mass is 10.1. The Hall–Kier alpha value is -3.46. The molecule has 0 spiro atoms. The Kier molecular flexibility index (Phi) is 7.46. The summed E-state index contributed by atoms with van der Waals surface area (Å²) in [7, 11) is 3.55. The van der Waals surface area contributed by atoms with Gasteiger partial charge in [0.25, 0.3) is 6.47 Å². The summed E-state index contributed by atoms with van der Waals surface area (Å²) in [5.41, 5.74) is 4.78. The van der Waals surface area contributed by atoms with Crippen LogP contribution in [0.2, 0.25) is 0 Å². The smallest absolute Gasteiger partial charge is 0.293 e. The van der Waals surface area contributed by atoms with Crippen molar-refractivity contribution in [3.8, 4) is 23.1 Å². The average molecular weight is 379 g/mol. The van der Waals surface area contributed by atoms with Crippen LogP contribution in [-0.2, 0) is 16.1 Å². The number of carbonyl (C=O) groups is 1. The molecule has 0 bridgehead atoms. The number of anilines is 1. The van der Waals surface area contributed by atoms with Gasteiger partial charge >= 0.3 is 0 Å². The second-order valence-corrected chi connectivity index (χ2v) is 5.84. The molecule has 146 valence electrons. The Balaban J connectivity index is 0.000000500. The molecule has 1 N–H and O–H groups in total. The first-order valence-electron chi connectivity index (χ1n) is 9.08. The Bertz CT molecular complexity index is 969. The second kappa shape index (κ2) is 10.0. The number of nitrogens with one attached hydrogen (secondary N) is 1. The van der Waals surface area contributed by atoms with Gasteiger partial charge in [0.1, 0.15) is 11.8 Å². The van der Waals surface area contributed by atoms with Crippen LogP contribution in [0.25, 0.3) is 22.2 Å². The molecule has 0 saturated heterocycles. The van der Waals surface area contributed by atoms with Crippen LogP contribution >= 0.6 is 0 Å². The number of nitrogens with zero attached hydrogens (tertiary/aromatic N) is 2. The van der Waals surface area contributed by atoms with Crippen molar-refractivity contribution in [2.75, 3.05) is 26.1 Å². The first-order chi connectivity index (χ1) is 13.6. The first-order valence-corrected chi connectivity index (χ1v) is 9.08. The number of rotatable bonds is 6. The fourth-order valence-electron chi connectivity index (χ4n) is 3.06. The molecule has 0 aliphatic rings. The Morgan fingerprint density at radius 2 is 1.89 bits per heavy atom. The average Bonchev–Trinajstić information content (AvgIpc) is 3.07. The number of methoxy groups -OCH3 is 1. The van der Waals surface area contributed by atoms with Gasteiger partial charge in [-0.1, -0.05) is 12.1 Å². The van der Waals surface area contributed by atoms with Gasteiger partial charge in [0.15, 0.2) is 0 Å². The van der Waals surface area contributed by atoms with E-state index in [-0.39, 0.29) is 0 Å². The van der Waals surface area contributed by atoms with Gasteiger partial charge in [-0.2, -0.15) is 5.26 Å². The molecule has 6 nitrogen and oxygen atoms in total. The summed E-state index contributed by atoms with van der Waals surface area (Å²) in [5, 5.41) is 13.8. The molecule has 0 aliphatic carbocycles. The minimum atomic E-state index is 0.431. The summed E-state index contributed by atoms with van der Waals surface area (Å²) in [6.45, 7) is 5.54. The van der Waals surface area contributed by atoms with Crippen molar-refractivity contribution >= 4 is 23.1 Å². The van der Waals surface area contributed by atoms with E-state index in [1.807, 2.05) is 49.5 Å². The fourth-order valence-corrected chi connectivity index (χ4v) is 3.06. The minimum absolute atomic E-state index is 0.431. The van der Waals surface area contributed by atoms with Gasteiger partial charge in [-0.15, -0.1) is 0 Å². The van der Waals surface area contributed by atoms with E-state index in [2.05, 4.69) is 27.6 Å². The molecule has 1 aromatic heterocycles. The lowest BCUT2D eigenvalue weighted by Crippen LogP contribution is -1.98. The van der Waals surface area contributed by atoms with Crippen molar-refractivity contribution in [1.82, 2.24) is 4.57 Å². The lowest BCUT2D eigenvalue weighted by molar-refractivity contribution is -0.128. The first kappa shape index (κ1) is 20.8. The van der Waals surface area contributed by atoms with E-state index in [1.165, 1.54) is 0 Å². The van der Waals surface area contributed by atoms with Gasteiger partial charge in [-0.3, -0.25) is 4.79 Å². The molecule has 3 aromatic rings. The molecular weight excluding hydrogens is 354 g/mol. The summed E-state index contributed by atoms with van der Waals surface area (Å²) >= 11 is 0. The standard InChI is InChI=1S/C19H19N3O.C3H6O2/c1-4-22-18-11-15(23-3)9-10-16(18)17(12-20)19(22)13-5-7-14(21-2)8-6-13;1-2-5-3-4/h5-11,21H,4H2,1-3H3;3H,2H2,1H3. The monoisotopic (exact) mass is 379 g/mol. The highest BCUT2D eigenvalue weighted by molar-refractivity contribution is 5.95. The number of aryl methyl sites for hydroxylation is 1. The normalized spacial score (nSPS) is 9.82. The van der Waals surface area contributed by atoms with Crippen molar-refractivity contribution < 1.29 is 14.3 Å². The minimum Gasteiger partial charge on any atom is -0.497 e. The highest BCUT2D eigenvalue weighted by Gasteiger charge is 2.18. The van der Waals surface area contributed by atoms with Crippen LogP contribution < -0.4 is 10.1 Å². The van der Waals surface area contributed by atoms with Gasteiger partial charge in [0, 0.05) is 30.7 Å². The number of fused-ring (bicyclic) bond motifs is 1. The molecule has 0 atom stereocenters. The maximum absolute atomic E-state index is 9.71. The molecule has 0 fully saturated rings. The summed E-state index contributed by atoms with van der Waals surface area (Å²) in [4.78, 5) is 9.18. The molecule has 0 radical (unpaired) electrons. The van der Waals surface area contributed by atoms with Crippen LogP contribution in [0.4, 0.5) is 5.69 Å². The number of ether oxygens (including phenoxy) is 2. The third kappa shape index (κ3) is 4.26. The molecule has 0 saturated carbocycles. The zero-order chi connectivity index (χ0) is 20.5. The predicted octanol–water partition coefficient (Wildman–Crippen LogP) is 4.43. The van der Waals surface area contributed by atoms with E-state index in [9.17, 15) is 10.1 Å². The van der Waals surface area contributed by atoms with Crippen molar-refractivity contribution in [1.29, 1.82) is 5.26 Å². The Morgan fingerprint density at radius 1 is 1.18 bits per heavy atom. The fraction of sp³-hybridized carbons (Fsp3) is 0.273. The SMILES string of the molecule is CCOC=O.CCn1c(-c2ccc(NC)cc2)c(C#N)c2ccc(OC)cc21. The lowest BCUT2D eigenvalue weighted by Gasteiger charge is -2.10. The summed E-state index contributed by atoms with van der Waals surface area (Å²) < 4.78 is 11.7. The van der Waals surface area contributed by atoms with Crippen LogP contribution in [-0.4, -0.2) is 31.8 Å². The van der Waals surface area contributed by atoms with Gasteiger partial charge in [0.2, 0.25) is 0 Å². The predicted molar refractivity (Wildman–Crippen MR) is 112 cm³/mol. The van der Waals surface area contributed by atoms with Crippen LogP contribution in [0, 0.1) is 11.3 Å². The van der Waals surface area contributed by atoms with Gasteiger partial charge in [0.05, 0.1) is 30.5 Å². The molecule has 2 aromatic carbocycles. The maximum Gasteiger partial charge on any atom is 0.293 e. The molecular formula is C22H25N3O3. The van der Waals surface area contributed by atoms with E-state index < -0.39 is 0 Å². The highest BCUT2D eigenvalue weighted by atomic mass is 16.5. The summed E-state index contributed by atoms with van der Waals surface area (Å²) in [5.74, 6) is 0.797. The maximum atomic E-state index is 9.71. The highest BCUT2D eigenvalue weighted by Crippen LogP contribution is 2.35. The quantitative estimate of drug-likeness (QED) is 0.641. The van der Waals surface area contributed by atoms with Gasteiger partial charge in [-0.25, -0.2) is 0 Å². The van der Waals surface area contributed by atoms with E-state index in [4.69, 9.17) is 4.74 Å². The number of nitriles is 1. The number of carbonyl (C=O) groups excluding carboxylic acids is 1. The molecule has 1 heterocycles. The second-order valence-electron chi connectivity index (χ2n) is 5.84. The van der Waals surface area contributed by atoms with Crippen LogP contribution in [0.15, 0.2) is 42.5 Å². The molecule has 3 rings (SSSR count). The topological polar surface area (TPSA) is 76.3 Å². The number of aromatic nitrogens is 1. The van der Waals surface area contributed by atoms with Crippen molar-refractivity contribution in [2.45, 2.75) is 20.4 Å².